The molecule has 1 aromatic rings. The van der Waals surface area contributed by atoms with Crippen LogP contribution in [-0.4, -0.2) is 59.5 Å². The highest BCUT2D eigenvalue weighted by Crippen LogP contribution is 2.06. The van der Waals surface area contributed by atoms with Crippen molar-refractivity contribution in [3.63, 3.8) is 0 Å². The van der Waals surface area contributed by atoms with Crippen LogP contribution in [0.25, 0.3) is 0 Å². The topological polar surface area (TPSA) is 59.4 Å². The average Bonchev–Trinajstić information content (AvgIpc) is 2.89. The van der Waals surface area contributed by atoms with Crippen LogP contribution in [0.5, 0.6) is 0 Å². The Morgan fingerprint density at radius 1 is 1.55 bits per heavy atom. The summed E-state index contributed by atoms with van der Waals surface area (Å²) in [6, 6.07) is 1.64. The van der Waals surface area contributed by atoms with E-state index in [4.69, 9.17) is 4.74 Å². The molecule has 1 saturated heterocycles. The lowest BCUT2D eigenvalue weighted by atomic mass is 10.1. The van der Waals surface area contributed by atoms with Gasteiger partial charge in [0.15, 0.2) is 0 Å². The van der Waals surface area contributed by atoms with E-state index in [1.54, 1.807) is 11.1 Å². The van der Waals surface area contributed by atoms with Crippen LogP contribution >= 0.6 is 24.8 Å². The first-order valence-electron chi connectivity index (χ1n) is 6.26. The van der Waals surface area contributed by atoms with Crippen molar-refractivity contribution in [1.82, 2.24) is 20.0 Å². The summed E-state index contributed by atoms with van der Waals surface area (Å²) >= 11 is 0. The molecule has 1 N–H and O–H groups in total. The number of rotatable bonds is 4. The van der Waals surface area contributed by atoms with Crippen molar-refractivity contribution in [3.8, 4) is 0 Å². The number of likely N-dealkylation sites (N-methyl/N-ethyl adjacent to an activating group) is 1. The molecule has 2 heterocycles. The molecule has 0 radical (unpaired) electrons. The zero-order chi connectivity index (χ0) is 13.0. The summed E-state index contributed by atoms with van der Waals surface area (Å²) in [5, 5.41) is 7.32. The summed E-state index contributed by atoms with van der Waals surface area (Å²) in [5.41, 5.74) is 0. The lowest BCUT2D eigenvalue weighted by Crippen LogP contribution is -2.56. The highest BCUT2D eigenvalue weighted by Gasteiger charge is 2.30. The number of carbonyl (C=O) groups excluding carboxylic acids is 1. The van der Waals surface area contributed by atoms with Gasteiger partial charge in [-0.1, -0.05) is 0 Å². The van der Waals surface area contributed by atoms with Gasteiger partial charge in [0.2, 0.25) is 5.91 Å². The van der Waals surface area contributed by atoms with Crippen molar-refractivity contribution >= 4 is 30.7 Å². The summed E-state index contributed by atoms with van der Waals surface area (Å²) < 4.78 is 7.30. The quantitative estimate of drug-likeness (QED) is 0.879. The molecule has 0 aliphatic carbocycles. The maximum atomic E-state index is 12.2. The predicted molar refractivity (Wildman–Crippen MR) is 81.6 cm³/mol. The third-order valence-corrected chi connectivity index (χ3v) is 3.18. The van der Waals surface area contributed by atoms with Crippen molar-refractivity contribution in [2.75, 3.05) is 26.7 Å². The van der Waals surface area contributed by atoms with E-state index in [0.717, 1.165) is 6.54 Å². The second-order valence-corrected chi connectivity index (χ2v) is 4.54. The second-order valence-electron chi connectivity index (χ2n) is 4.54. The molecule has 1 aliphatic heterocycles. The van der Waals surface area contributed by atoms with Gasteiger partial charge in [0.1, 0.15) is 6.04 Å². The number of halogens is 2. The van der Waals surface area contributed by atoms with Crippen molar-refractivity contribution in [2.24, 2.45) is 0 Å². The number of aromatic nitrogens is 2. The fraction of sp³-hybridized carbons (Fsp3) is 0.667. The smallest absolute Gasteiger partial charge is 0.242 e. The summed E-state index contributed by atoms with van der Waals surface area (Å²) in [6.07, 6.45) is 3.56. The van der Waals surface area contributed by atoms with Crippen molar-refractivity contribution in [3.05, 3.63) is 18.5 Å². The molecule has 1 amide bonds. The van der Waals surface area contributed by atoms with Crippen LogP contribution in [0.3, 0.4) is 0 Å². The van der Waals surface area contributed by atoms with Crippen LogP contribution in [-0.2, 0) is 16.1 Å². The molecule has 6 nitrogen and oxygen atoms in total. The Labute approximate surface area is 131 Å². The maximum absolute atomic E-state index is 12.2. The van der Waals surface area contributed by atoms with Gasteiger partial charge in [0, 0.05) is 32.5 Å². The Hall–Kier alpha value is -0.820. The zero-order valence-corrected chi connectivity index (χ0v) is 13.3. The van der Waals surface area contributed by atoms with E-state index in [0.29, 0.717) is 19.7 Å². The Bertz CT molecular complexity index is 389. The first-order valence-corrected chi connectivity index (χ1v) is 6.26. The lowest BCUT2D eigenvalue weighted by Gasteiger charge is -2.32. The van der Waals surface area contributed by atoms with E-state index in [9.17, 15) is 4.79 Å². The predicted octanol–water partition coefficient (Wildman–Crippen LogP) is 0.562. The molecular weight excluding hydrogens is 303 g/mol. The number of nitrogens with one attached hydrogen (secondary N) is 1. The van der Waals surface area contributed by atoms with E-state index in [2.05, 4.69) is 10.4 Å². The fourth-order valence-corrected chi connectivity index (χ4v) is 2.04. The van der Waals surface area contributed by atoms with Crippen LogP contribution in [0, 0.1) is 0 Å². The van der Waals surface area contributed by atoms with E-state index in [-0.39, 0.29) is 42.9 Å². The van der Waals surface area contributed by atoms with Crippen LogP contribution < -0.4 is 5.32 Å². The molecule has 1 aromatic heterocycles. The van der Waals surface area contributed by atoms with Crippen LogP contribution in [0.1, 0.15) is 6.92 Å². The third kappa shape index (κ3) is 4.94. The Morgan fingerprint density at radius 3 is 2.90 bits per heavy atom. The van der Waals surface area contributed by atoms with Gasteiger partial charge in [-0.05, 0) is 13.0 Å². The second kappa shape index (κ2) is 9.18. The first-order chi connectivity index (χ1) is 8.68. The SMILES string of the molecule is C[C@H]1OCCN[C@@H]1C(=O)N(C)CCn1cccn1.Cl.Cl. The van der Waals surface area contributed by atoms with Crippen molar-refractivity contribution in [2.45, 2.75) is 25.6 Å². The molecule has 1 fully saturated rings. The summed E-state index contributed by atoms with van der Waals surface area (Å²) in [4.78, 5) is 13.9. The highest BCUT2D eigenvalue weighted by atomic mass is 35.5. The van der Waals surface area contributed by atoms with Crippen LogP contribution in [0.2, 0.25) is 0 Å². The van der Waals surface area contributed by atoms with E-state index in [1.807, 2.05) is 30.9 Å². The van der Waals surface area contributed by atoms with Gasteiger partial charge < -0.3 is 15.0 Å². The number of amides is 1. The van der Waals surface area contributed by atoms with Gasteiger partial charge >= 0.3 is 0 Å². The highest BCUT2D eigenvalue weighted by molar-refractivity contribution is 5.85. The van der Waals surface area contributed by atoms with Gasteiger partial charge in [0.25, 0.3) is 0 Å². The number of hydrogen-bond acceptors (Lipinski definition) is 4. The van der Waals surface area contributed by atoms with Crippen molar-refractivity contribution in [1.29, 1.82) is 0 Å². The molecule has 0 aromatic carbocycles. The van der Waals surface area contributed by atoms with E-state index < -0.39 is 0 Å². The van der Waals surface area contributed by atoms with E-state index >= 15 is 0 Å². The summed E-state index contributed by atoms with van der Waals surface area (Å²) in [7, 11) is 1.81. The maximum Gasteiger partial charge on any atom is 0.242 e. The van der Waals surface area contributed by atoms with E-state index in [1.165, 1.54) is 0 Å². The minimum atomic E-state index is -0.235. The number of hydrogen-bond donors (Lipinski definition) is 1. The molecule has 0 bridgehead atoms. The van der Waals surface area contributed by atoms with Gasteiger partial charge in [-0.2, -0.15) is 5.10 Å². The summed E-state index contributed by atoms with van der Waals surface area (Å²) in [6.45, 7) is 4.67. The standard InChI is InChI=1S/C12H20N4O2.2ClH/c1-10-11(13-5-9-18-10)12(17)15(2)7-8-16-6-3-4-14-16;;/h3-4,6,10-11,13H,5,7-9H2,1-2H3;2*1H/t10-,11+;;/m1../s1. The number of morpholine rings is 1. The first kappa shape index (κ1) is 19.2. The molecule has 2 atom stereocenters. The molecule has 116 valence electrons. The van der Waals surface area contributed by atoms with Crippen molar-refractivity contribution < 1.29 is 9.53 Å². The third-order valence-electron chi connectivity index (χ3n) is 3.18. The number of ether oxygens (including phenoxy) is 1. The molecule has 0 spiro atoms. The Balaban J connectivity index is 0.00000180. The molecular formula is C12H22Cl2N4O2. The minimum Gasteiger partial charge on any atom is -0.375 e. The summed E-state index contributed by atoms with van der Waals surface area (Å²) in [5.74, 6) is 0.0781. The molecule has 0 saturated carbocycles. The molecule has 1 aliphatic rings. The van der Waals surface area contributed by atoms with Gasteiger partial charge in [-0.25, -0.2) is 0 Å². The Kier molecular flexibility index (Phi) is 8.80. The number of carbonyl (C=O) groups is 1. The largest absolute Gasteiger partial charge is 0.375 e. The van der Waals surface area contributed by atoms with Gasteiger partial charge in [0.05, 0.1) is 19.3 Å². The normalized spacial score (nSPS) is 21.5. The monoisotopic (exact) mass is 324 g/mol. The minimum absolute atomic E-state index is 0. The average molecular weight is 325 g/mol. The lowest BCUT2D eigenvalue weighted by molar-refractivity contribution is -0.138. The van der Waals surface area contributed by atoms with Crippen LogP contribution in [0.15, 0.2) is 18.5 Å². The fourth-order valence-electron chi connectivity index (χ4n) is 2.04. The molecule has 0 unspecified atom stereocenters. The molecule has 8 heteroatoms. The molecule has 20 heavy (non-hydrogen) atoms. The van der Waals surface area contributed by atoms with Gasteiger partial charge in [-0.3, -0.25) is 9.48 Å². The zero-order valence-electron chi connectivity index (χ0n) is 11.7. The number of nitrogens with zero attached hydrogens (tertiary/aromatic N) is 3. The van der Waals surface area contributed by atoms with Gasteiger partial charge in [-0.15, -0.1) is 24.8 Å². The molecule has 2 rings (SSSR count). The van der Waals surface area contributed by atoms with Crippen LogP contribution in [0.4, 0.5) is 0 Å². The Morgan fingerprint density at radius 2 is 2.30 bits per heavy atom.